The monoisotopic (exact) mass is 177 g/mol. The number of thioether (sulfide) groups is 1. The van der Waals surface area contributed by atoms with Crippen LogP contribution in [0.3, 0.4) is 0 Å². The Hall–Kier alpha value is 0.270. The topological polar surface area (TPSA) is 46.2 Å². The van der Waals surface area contributed by atoms with Crippen LogP contribution in [0.1, 0.15) is 26.2 Å². The van der Waals surface area contributed by atoms with Crippen molar-refractivity contribution < 1.29 is 5.11 Å². The molecule has 0 rings (SSSR count). The highest BCUT2D eigenvalue weighted by Crippen LogP contribution is 2.06. The van der Waals surface area contributed by atoms with E-state index in [9.17, 15) is 5.11 Å². The van der Waals surface area contributed by atoms with Crippen LogP contribution in [0.2, 0.25) is 0 Å². The molecule has 0 aliphatic rings. The van der Waals surface area contributed by atoms with Gasteiger partial charge in [-0.25, -0.2) is 0 Å². The summed E-state index contributed by atoms with van der Waals surface area (Å²) < 4.78 is 0. The minimum Gasteiger partial charge on any atom is -0.392 e. The van der Waals surface area contributed by atoms with E-state index in [0.29, 0.717) is 0 Å². The number of hydrogen-bond acceptors (Lipinski definition) is 3. The van der Waals surface area contributed by atoms with Gasteiger partial charge in [-0.15, -0.1) is 0 Å². The molecule has 0 spiro atoms. The molecule has 3 N–H and O–H groups in total. The Labute approximate surface area is 73.6 Å². The van der Waals surface area contributed by atoms with Crippen molar-refractivity contribution >= 4 is 11.8 Å². The van der Waals surface area contributed by atoms with Crippen molar-refractivity contribution in [2.45, 2.75) is 38.3 Å². The predicted octanol–water partition coefficient (Wildman–Crippen LogP) is 1.23. The maximum absolute atomic E-state index is 9.41. The van der Waals surface area contributed by atoms with Crippen LogP contribution in [0.25, 0.3) is 0 Å². The van der Waals surface area contributed by atoms with Gasteiger partial charge in [-0.3, -0.25) is 0 Å². The van der Waals surface area contributed by atoms with Crippen molar-refractivity contribution in [2.75, 3.05) is 12.0 Å². The molecule has 68 valence electrons. The molecule has 0 heterocycles. The van der Waals surface area contributed by atoms with Crippen molar-refractivity contribution in [1.82, 2.24) is 0 Å². The van der Waals surface area contributed by atoms with E-state index in [4.69, 9.17) is 5.73 Å². The summed E-state index contributed by atoms with van der Waals surface area (Å²) >= 11 is 1.81. The van der Waals surface area contributed by atoms with Gasteiger partial charge in [-0.1, -0.05) is 6.92 Å². The quantitative estimate of drug-likeness (QED) is 0.600. The normalized spacial score (nSPS) is 16.4. The second-order valence-corrected chi connectivity index (χ2v) is 3.76. The Balaban J connectivity index is 3.28. The SMILES string of the molecule is CCC(N)C(O)CCCSC. The zero-order valence-electron chi connectivity index (χ0n) is 7.42. The Morgan fingerprint density at radius 3 is 2.64 bits per heavy atom. The van der Waals surface area contributed by atoms with E-state index in [2.05, 4.69) is 6.26 Å². The first kappa shape index (κ1) is 11.3. The van der Waals surface area contributed by atoms with Gasteiger partial charge in [-0.2, -0.15) is 11.8 Å². The van der Waals surface area contributed by atoms with Crippen LogP contribution in [0.4, 0.5) is 0 Å². The molecule has 2 unspecified atom stereocenters. The lowest BCUT2D eigenvalue weighted by Crippen LogP contribution is -2.33. The first-order valence-electron chi connectivity index (χ1n) is 4.15. The van der Waals surface area contributed by atoms with E-state index in [1.54, 1.807) is 0 Å². The molecule has 0 saturated heterocycles. The highest BCUT2D eigenvalue weighted by atomic mass is 32.2. The smallest absolute Gasteiger partial charge is 0.0691 e. The molecule has 0 bridgehead atoms. The summed E-state index contributed by atoms with van der Waals surface area (Å²) in [6, 6.07) is -0.0307. The molecule has 0 saturated carbocycles. The van der Waals surface area contributed by atoms with E-state index >= 15 is 0 Å². The molecule has 0 aliphatic heterocycles. The number of nitrogens with two attached hydrogens (primary N) is 1. The second kappa shape index (κ2) is 6.95. The number of aliphatic hydroxyl groups is 1. The van der Waals surface area contributed by atoms with Crippen molar-refractivity contribution in [3.05, 3.63) is 0 Å². The largest absolute Gasteiger partial charge is 0.392 e. The fraction of sp³-hybridized carbons (Fsp3) is 1.00. The van der Waals surface area contributed by atoms with Crippen LogP contribution >= 0.6 is 11.8 Å². The second-order valence-electron chi connectivity index (χ2n) is 2.77. The lowest BCUT2D eigenvalue weighted by molar-refractivity contribution is 0.132. The number of hydrogen-bond donors (Lipinski definition) is 2. The highest BCUT2D eigenvalue weighted by molar-refractivity contribution is 7.98. The molecular weight excluding hydrogens is 158 g/mol. The first-order valence-corrected chi connectivity index (χ1v) is 5.54. The Bertz CT molecular complexity index is 90.2. The van der Waals surface area contributed by atoms with Crippen molar-refractivity contribution in [3.8, 4) is 0 Å². The van der Waals surface area contributed by atoms with Crippen LogP contribution < -0.4 is 5.73 Å². The van der Waals surface area contributed by atoms with Crippen molar-refractivity contribution in [3.63, 3.8) is 0 Å². The van der Waals surface area contributed by atoms with Gasteiger partial charge in [0.25, 0.3) is 0 Å². The van der Waals surface area contributed by atoms with Gasteiger partial charge in [0.05, 0.1) is 6.10 Å². The summed E-state index contributed by atoms with van der Waals surface area (Å²) in [6.07, 6.45) is 4.55. The van der Waals surface area contributed by atoms with Gasteiger partial charge < -0.3 is 10.8 Å². The minimum atomic E-state index is -0.299. The lowest BCUT2D eigenvalue weighted by atomic mass is 10.1. The molecule has 11 heavy (non-hydrogen) atoms. The summed E-state index contributed by atoms with van der Waals surface area (Å²) in [4.78, 5) is 0. The fourth-order valence-corrected chi connectivity index (χ4v) is 1.38. The minimum absolute atomic E-state index is 0.0307. The summed E-state index contributed by atoms with van der Waals surface area (Å²) in [6.45, 7) is 2.00. The number of rotatable bonds is 6. The zero-order valence-corrected chi connectivity index (χ0v) is 8.23. The van der Waals surface area contributed by atoms with E-state index in [1.165, 1.54) is 0 Å². The third-order valence-electron chi connectivity index (χ3n) is 1.81. The van der Waals surface area contributed by atoms with Crippen LogP contribution in [0.5, 0.6) is 0 Å². The third-order valence-corrected chi connectivity index (χ3v) is 2.51. The Kier molecular flexibility index (Phi) is 7.12. The highest BCUT2D eigenvalue weighted by Gasteiger charge is 2.10. The molecule has 0 fully saturated rings. The van der Waals surface area contributed by atoms with Gasteiger partial charge in [0.1, 0.15) is 0 Å². The average molecular weight is 177 g/mol. The molecule has 0 aromatic carbocycles. The van der Waals surface area contributed by atoms with Gasteiger partial charge in [0, 0.05) is 6.04 Å². The van der Waals surface area contributed by atoms with Crippen LogP contribution in [0.15, 0.2) is 0 Å². The van der Waals surface area contributed by atoms with E-state index < -0.39 is 0 Å². The maximum atomic E-state index is 9.41. The van der Waals surface area contributed by atoms with E-state index in [0.717, 1.165) is 25.0 Å². The van der Waals surface area contributed by atoms with E-state index in [1.807, 2.05) is 18.7 Å². The van der Waals surface area contributed by atoms with Gasteiger partial charge in [-0.05, 0) is 31.3 Å². The molecule has 0 amide bonds. The summed E-state index contributed by atoms with van der Waals surface area (Å²) in [5.74, 6) is 1.12. The maximum Gasteiger partial charge on any atom is 0.0691 e. The standard InChI is InChI=1S/C8H19NOS/c1-3-7(9)8(10)5-4-6-11-2/h7-8,10H,3-6,9H2,1-2H3. The third kappa shape index (κ3) is 5.53. The summed E-state index contributed by atoms with van der Waals surface area (Å²) in [5.41, 5.74) is 5.64. The van der Waals surface area contributed by atoms with E-state index in [-0.39, 0.29) is 12.1 Å². The Morgan fingerprint density at radius 2 is 2.18 bits per heavy atom. The van der Waals surface area contributed by atoms with Crippen molar-refractivity contribution in [2.24, 2.45) is 5.73 Å². The lowest BCUT2D eigenvalue weighted by Gasteiger charge is -2.16. The molecule has 2 atom stereocenters. The molecule has 0 aromatic heterocycles. The average Bonchev–Trinajstić information content (AvgIpc) is 2.03. The van der Waals surface area contributed by atoms with Crippen LogP contribution in [-0.4, -0.2) is 29.3 Å². The summed E-state index contributed by atoms with van der Waals surface area (Å²) in [5, 5.41) is 9.41. The van der Waals surface area contributed by atoms with Crippen LogP contribution in [-0.2, 0) is 0 Å². The van der Waals surface area contributed by atoms with Gasteiger partial charge in [0.2, 0.25) is 0 Å². The predicted molar refractivity (Wildman–Crippen MR) is 51.9 cm³/mol. The molecule has 0 aliphatic carbocycles. The van der Waals surface area contributed by atoms with Crippen molar-refractivity contribution in [1.29, 1.82) is 0 Å². The Morgan fingerprint density at radius 1 is 1.55 bits per heavy atom. The molecule has 2 nitrogen and oxygen atoms in total. The molecule has 3 heteroatoms. The molecule has 0 aromatic rings. The van der Waals surface area contributed by atoms with Crippen LogP contribution in [0, 0.1) is 0 Å². The fourth-order valence-electron chi connectivity index (χ4n) is 0.923. The van der Waals surface area contributed by atoms with Gasteiger partial charge >= 0.3 is 0 Å². The molecular formula is C8H19NOS. The van der Waals surface area contributed by atoms with Gasteiger partial charge in [0.15, 0.2) is 0 Å². The molecule has 0 radical (unpaired) electrons. The summed E-state index contributed by atoms with van der Waals surface area (Å²) in [7, 11) is 0. The number of aliphatic hydroxyl groups excluding tert-OH is 1. The first-order chi connectivity index (χ1) is 5.22. The zero-order chi connectivity index (χ0) is 8.69.